The molecule has 0 amide bonds. The van der Waals surface area contributed by atoms with Crippen molar-refractivity contribution in [1.82, 2.24) is 9.36 Å². The first kappa shape index (κ1) is 11.5. The number of rotatable bonds is 2. The van der Waals surface area contributed by atoms with Crippen molar-refractivity contribution in [2.75, 3.05) is 5.32 Å². The first-order valence-electron chi connectivity index (χ1n) is 6.63. The van der Waals surface area contributed by atoms with Gasteiger partial charge in [-0.05, 0) is 31.1 Å². The lowest BCUT2D eigenvalue weighted by Gasteiger charge is -2.22. The van der Waals surface area contributed by atoms with Crippen LogP contribution in [0.4, 0.5) is 5.13 Å². The Kier molecular flexibility index (Phi) is 2.65. The highest BCUT2D eigenvalue weighted by atomic mass is 32.1. The molecule has 0 saturated heterocycles. The molecular formula is C13H21N3S. The van der Waals surface area contributed by atoms with Gasteiger partial charge in [-0.3, -0.25) is 0 Å². The fourth-order valence-corrected chi connectivity index (χ4v) is 3.99. The van der Waals surface area contributed by atoms with E-state index in [1.165, 1.54) is 37.2 Å². The number of nitrogens with zero attached hydrogens (tertiary/aromatic N) is 2. The van der Waals surface area contributed by atoms with Crippen LogP contribution in [0, 0.1) is 11.8 Å². The molecule has 2 saturated carbocycles. The van der Waals surface area contributed by atoms with Gasteiger partial charge in [-0.15, -0.1) is 0 Å². The molecule has 17 heavy (non-hydrogen) atoms. The average molecular weight is 251 g/mol. The number of aromatic nitrogens is 2. The molecule has 1 aromatic rings. The molecule has 2 bridgehead atoms. The second kappa shape index (κ2) is 3.94. The summed E-state index contributed by atoms with van der Waals surface area (Å²) in [7, 11) is 0. The minimum absolute atomic E-state index is 0.0606. The Morgan fingerprint density at radius 3 is 2.59 bits per heavy atom. The summed E-state index contributed by atoms with van der Waals surface area (Å²) >= 11 is 1.52. The van der Waals surface area contributed by atoms with E-state index in [4.69, 9.17) is 0 Å². The highest BCUT2D eigenvalue weighted by Gasteiger charge is 2.39. The number of hydrogen-bond donors (Lipinski definition) is 1. The molecule has 0 spiro atoms. The van der Waals surface area contributed by atoms with Crippen LogP contribution in [0.25, 0.3) is 0 Å². The molecule has 0 aromatic carbocycles. The maximum Gasteiger partial charge on any atom is 0.202 e. The summed E-state index contributed by atoms with van der Waals surface area (Å²) in [5.74, 6) is 2.84. The molecule has 1 aromatic heterocycles. The normalized spacial score (nSPS) is 32.1. The Morgan fingerprint density at radius 1 is 1.24 bits per heavy atom. The lowest BCUT2D eigenvalue weighted by molar-refractivity contribution is 0.439. The van der Waals surface area contributed by atoms with Crippen molar-refractivity contribution in [3.8, 4) is 0 Å². The van der Waals surface area contributed by atoms with Gasteiger partial charge < -0.3 is 5.32 Å². The molecule has 2 aliphatic rings. The predicted molar refractivity (Wildman–Crippen MR) is 71.5 cm³/mol. The highest BCUT2D eigenvalue weighted by Crippen LogP contribution is 2.45. The van der Waals surface area contributed by atoms with Crippen LogP contribution >= 0.6 is 11.5 Å². The summed E-state index contributed by atoms with van der Waals surface area (Å²) in [5, 5.41) is 4.63. The van der Waals surface area contributed by atoms with Gasteiger partial charge in [0.15, 0.2) is 0 Å². The number of hydrogen-bond acceptors (Lipinski definition) is 4. The maximum absolute atomic E-state index is 4.62. The molecule has 3 atom stereocenters. The Hall–Kier alpha value is -0.640. The summed E-state index contributed by atoms with van der Waals surface area (Å²) in [6.45, 7) is 6.49. The fraction of sp³-hybridized carbons (Fsp3) is 0.846. The third-order valence-electron chi connectivity index (χ3n) is 4.14. The number of nitrogens with one attached hydrogen (secondary N) is 1. The molecule has 0 radical (unpaired) electrons. The van der Waals surface area contributed by atoms with Crippen molar-refractivity contribution < 1.29 is 0 Å². The van der Waals surface area contributed by atoms with Crippen molar-refractivity contribution >= 4 is 16.7 Å². The molecule has 2 fully saturated rings. The van der Waals surface area contributed by atoms with E-state index >= 15 is 0 Å². The van der Waals surface area contributed by atoms with Crippen LogP contribution in [0.15, 0.2) is 0 Å². The maximum atomic E-state index is 4.62. The van der Waals surface area contributed by atoms with Gasteiger partial charge in [-0.2, -0.15) is 4.37 Å². The smallest absolute Gasteiger partial charge is 0.202 e. The summed E-state index contributed by atoms with van der Waals surface area (Å²) in [6.07, 6.45) is 5.64. The van der Waals surface area contributed by atoms with Crippen molar-refractivity contribution in [1.29, 1.82) is 0 Å². The lowest BCUT2D eigenvalue weighted by atomic mass is 9.95. The zero-order valence-electron chi connectivity index (χ0n) is 10.9. The van der Waals surface area contributed by atoms with Gasteiger partial charge in [0.1, 0.15) is 5.82 Å². The van der Waals surface area contributed by atoms with Crippen LogP contribution in [0.1, 0.15) is 52.3 Å². The Balaban J connectivity index is 1.68. The van der Waals surface area contributed by atoms with E-state index in [9.17, 15) is 0 Å². The van der Waals surface area contributed by atoms with Crippen LogP contribution in [0.2, 0.25) is 0 Å². The third-order valence-corrected chi connectivity index (χ3v) is 4.79. The van der Waals surface area contributed by atoms with Gasteiger partial charge in [0.25, 0.3) is 0 Å². The Labute approximate surface area is 107 Å². The number of fused-ring (bicyclic) bond motifs is 2. The van der Waals surface area contributed by atoms with Crippen molar-refractivity contribution in [3.63, 3.8) is 0 Å². The zero-order chi connectivity index (χ0) is 12.0. The third kappa shape index (κ3) is 2.19. The second-order valence-corrected chi connectivity index (χ2v) is 7.35. The van der Waals surface area contributed by atoms with Gasteiger partial charge in [-0.1, -0.05) is 27.2 Å². The van der Waals surface area contributed by atoms with Crippen molar-refractivity contribution in [2.24, 2.45) is 11.8 Å². The second-order valence-electron chi connectivity index (χ2n) is 6.60. The molecule has 94 valence electrons. The quantitative estimate of drug-likeness (QED) is 0.875. The van der Waals surface area contributed by atoms with Gasteiger partial charge in [0.05, 0.1) is 0 Å². The Bertz CT molecular complexity index is 407. The molecule has 4 heteroatoms. The average Bonchev–Trinajstić information content (AvgIpc) is 2.89. The molecule has 0 aliphatic heterocycles. The molecular weight excluding hydrogens is 230 g/mol. The molecule has 3 nitrogen and oxygen atoms in total. The van der Waals surface area contributed by atoms with Gasteiger partial charge >= 0.3 is 0 Å². The van der Waals surface area contributed by atoms with Crippen LogP contribution in [-0.4, -0.2) is 15.4 Å². The van der Waals surface area contributed by atoms with Crippen molar-refractivity contribution in [2.45, 2.75) is 57.9 Å². The first-order valence-corrected chi connectivity index (χ1v) is 7.40. The van der Waals surface area contributed by atoms with E-state index in [1.54, 1.807) is 0 Å². The van der Waals surface area contributed by atoms with Gasteiger partial charge in [0.2, 0.25) is 5.13 Å². The zero-order valence-corrected chi connectivity index (χ0v) is 11.7. The molecule has 3 rings (SSSR count). The van der Waals surface area contributed by atoms with E-state index in [0.29, 0.717) is 6.04 Å². The van der Waals surface area contributed by atoms with Crippen LogP contribution in [0.3, 0.4) is 0 Å². The molecule has 1 N–H and O–H groups in total. The topological polar surface area (TPSA) is 37.8 Å². The minimum atomic E-state index is 0.0606. The van der Waals surface area contributed by atoms with Gasteiger partial charge in [-0.25, -0.2) is 4.98 Å². The summed E-state index contributed by atoms with van der Waals surface area (Å²) < 4.78 is 4.46. The van der Waals surface area contributed by atoms with Crippen LogP contribution in [-0.2, 0) is 5.41 Å². The molecule has 1 heterocycles. The monoisotopic (exact) mass is 251 g/mol. The summed E-state index contributed by atoms with van der Waals surface area (Å²) in [6, 6.07) is 0.662. The lowest BCUT2D eigenvalue weighted by Crippen LogP contribution is -2.25. The van der Waals surface area contributed by atoms with E-state index in [2.05, 4.69) is 35.4 Å². The fourth-order valence-electron chi connectivity index (χ4n) is 3.17. The highest BCUT2D eigenvalue weighted by molar-refractivity contribution is 7.09. The van der Waals surface area contributed by atoms with E-state index in [-0.39, 0.29) is 5.41 Å². The predicted octanol–water partition coefficient (Wildman–Crippen LogP) is 3.44. The first-order chi connectivity index (χ1) is 8.02. The molecule has 3 unspecified atom stereocenters. The standard InChI is InChI=1S/C13H21N3S/c1-13(2,3)11-15-12(17-16-11)14-10-7-8-4-5-9(10)6-8/h8-10H,4-7H2,1-3H3,(H,14,15,16). The molecule has 2 aliphatic carbocycles. The van der Waals surface area contributed by atoms with E-state index in [1.807, 2.05) is 0 Å². The number of anilines is 1. The van der Waals surface area contributed by atoms with Crippen molar-refractivity contribution in [3.05, 3.63) is 5.82 Å². The van der Waals surface area contributed by atoms with Crippen LogP contribution in [0.5, 0.6) is 0 Å². The summed E-state index contributed by atoms with van der Waals surface area (Å²) in [5.41, 5.74) is 0.0606. The minimum Gasteiger partial charge on any atom is -0.357 e. The van der Waals surface area contributed by atoms with Crippen LogP contribution < -0.4 is 5.32 Å². The van der Waals surface area contributed by atoms with Gasteiger partial charge in [0, 0.05) is 23.0 Å². The van der Waals surface area contributed by atoms with E-state index < -0.39 is 0 Å². The summed E-state index contributed by atoms with van der Waals surface area (Å²) in [4.78, 5) is 4.62. The SMILES string of the molecule is CC(C)(C)c1nsc(NC2CC3CCC2C3)n1. The Morgan fingerprint density at radius 2 is 2.06 bits per heavy atom. The largest absolute Gasteiger partial charge is 0.357 e. The van der Waals surface area contributed by atoms with E-state index in [0.717, 1.165) is 22.8 Å².